The molecule has 1 heterocycles. The van der Waals surface area contributed by atoms with Crippen LogP contribution in [0.2, 0.25) is 0 Å². The molecule has 0 radical (unpaired) electrons. The second kappa shape index (κ2) is 10.1. The van der Waals surface area contributed by atoms with Crippen molar-refractivity contribution >= 4 is 28.9 Å². The van der Waals surface area contributed by atoms with Gasteiger partial charge in [-0.3, -0.25) is 4.79 Å². The molecule has 1 amide bonds. The number of ether oxygens (including phenoxy) is 3. The number of benzene rings is 2. The Hall–Kier alpha value is -3.83. The summed E-state index contributed by atoms with van der Waals surface area (Å²) in [6, 6.07) is 16.7. The third kappa shape index (κ3) is 5.59. The first-order valence-electron chi connectivity index (χ1n) is 9.04. The predicted molar refractivity (Wildman–Crippen MR) is 112 cm³/mol. The van der Waals surface area contributed by atoms with Crippen molar-refractivity contribution < 1.29 is 23.8 Å². The van der Waals surface area contributed by atoms with Gasteiger partial charge in [0.15, 0.2) is 18.1 Å². The number of anilines is 1. The highest BCUT2D eigenvalue weighted by atomic mass is 32.1. The van der Waals surface area contributed by atoms with Crippen LogP contribution in [-0.4, -0.2) is 25.1 Å². The van der Waals surface area contributed by atoms with E-state index in [4.69, 9.17) is 19.5 Å². The summed E-state index contributed by atoms with van der Waals surface area (Å²) in [5.41, 5.74) is 1.02. The number of nitriles is 1. The van der Waals surface area contributed by atoms with Gasteiger partial charge in [0, 0.05) is 11.8 Å². The maximum atomic E-state index is 12.1. The summed E-state index contributed by atoms with van der Waals surface area (Å²) >= 11 is 1.35. The summed E-state index contributed by atoms with van der Waals surface area (Å²) in [5, 5.41) is 13.6. The maximum absolute atomic E-state index is 12.1. The van der Waals surface area contributed by atoms with Gasteiger partial charge in [-0.1, -0.05) is 6.07 Å². The molecule has 0 aliphatic carbocycles. The van der Waals surface area contributed by atoms with Crippen molar-refractivity contribution in [3.63, 3.8) is 0 Å². The minimum absolute atomic E-state index is 0.198. The van der Waals surface area contributed by atoms with Gasteiger partial charge in [-0.2, -0.15) is 5.26 Å². The summed E-state index contributed by atoms with van der Waals surface area (Å²) in [7, 11) is 0. The van der Waals surface area contributed by atoms with Crippen LogP contribution in [0.4, 0.5) is 5.69 Å². The molecule has 1 N–H and O–H groups in total. The van der Waals surface area contributed by atoms with Gasteiger partial charge in [0.05, 0.1) is 23.1 Å². The van der Waals surface area contributed by atoms with Crippen molar-refractivity contribution in [2.24, 2.45) is 0 Å². The highest BCUT2D eigenvalue weighted by Gasteiger charge is 2.12. The molecule has 0 fully saturated rings. The van der Waals surface area contributed by atoms with Crippen molar-refractivity contribution in [3.05, 3.63) is 70.4 Å². The van der Waals surface area contributed by atoms with Crippen molar-refractivity contribution in [2.45, 2.75) is 6.92 Å². The van der Waals surface area contributed by atoms with Crippen LogP contribution in [0, 0.1) is 11.3 Å². The second-order valence-corrected chi connectivity index (χ2v) is 6.87. The van der Waals surface area contributed by atoms with Crippen LogP contribution < -0.4 is 19.5 Å². The summed E-state index contributed by atoms with van der Waals surface area (Å²) in [4.78, 5) is 24.7. The van der Waals surface area contributed by atoms with Gasteiger partial charge >= 0.3 is 5.97 Å². The van der Waals surface area contributed by atoms with Crippen molar-refractivity contribution in [1.82, 2.24) is 0 Å². The van der Waals surface area contributed by atoms with E-state index in [2.05, 4.69) is 5.32 Å². The molecule has 1 aromatic heterocycles. The standard InChI is InChI=1S/C22H18N2O5S/c1-2-27-19-12-15(13-23)5-10-18(19)28-14-21(25)29-17-8-6-16(7-9-17)24-22(26)20-4-3-11-30-20/h3-12H,2,14H2,1H3,(H,24,26). The molecule has 0 aliphatic rings. The molecule has 0 unspecified atom stereocenters. The third-order valence-corrected chi connectivity index (χ3v) is 4.68. The Morgan fingerprint density at radius 2 is 1.87 bits per heavy atom. The van der Waals surface area contributed by atoms with Crippen molar-refractivity contribution in [3.8, 4) is 23.3 Å². The minimum atomic E-state index is -0.600. The number of hydrogen-bond acceptors (Lipinski definition) is 7. The maximum Gasteiger partial charge on any atom is 0.349 e. The molecule has 0 bridgehead atoms. The van der Waals surface area contributed by atoms with Gasteiger partial charge in [0.1, 0.15) is 5.75 Å². The molecule has 3 aromatic rings. The van der Waals surface area contributed by atoms with Crippen LogP contribution in [0.1, 0.15) is 22.2 Å². The Morgan fingerprint density at radius 1 is 1.07 bits per heavy atom. The zero-order valence-corrected chi connectivity index (χ0v) is 16.9. The number of amides is 1. The lowest BCUT2D eigenvalue weighted by atomic mass is 10.2. The molecule has 0 spiro atoms. The van der Waals surface area contributed by atoms with Gasteiger partial charge < -0.3 is 19.5 Å². The Labute approximate surface area is 177 Å². The highest BCUT2D eigenvalue weighted by molar-refractivity contribution is 7.12. The Bertz CT molecular complexity index is 1060. The van der Waals surface area contributed by atoms with E-state index in [1.807, 2.05) is 18.4 Å². The molecular formula is C22H18N2O5S. The molecule has 8 heteroatoms. The van der Waals surface area contributed by atoms with Gasteiger partial charge in [-0.25, -0.2) is 4.79 Å². The molecule has 2 aromatic carbocycles. The summed E-state index contributed by atoms with van der Waals surface area (Å²) in [6.07, 6.45) is 0. The molecule has 0 saturated carbocycles. The lowest BCUT2D eigenvalue weighted by Crippen LogP contribution is -2.18. The van der Waals surface area contributed by atoms with E-state index in [0.717, 1.165) is 0 Å². The SMILES string of the molecule is CCOc1cc(C#N)ccc1OCC(=O)Oc1ccc(NC(=O)c2cccs2)cc1. The largest absolute Gasteiger partial charge is 0.490 e. The van der Waals surface area contributed by atoms with Crippen LogP contribution in [0.3, 0.4) is 0 Å². The second-order valence-electron chi connectivity index (χ2n) is 5.92. The molecule has 152 valence electrons. The van der Waals surface area contributed by atoms with E-state index in [0.29, 0.717) is 40.0 Å². The summed E-state index contributed by atoms with van der Waals surface area (Å²) < 4.78 is 16.2. The lowest BCUT2D eigenvalue weighted by Gasteiger charge is -2.12. The number of nitrogens with one attached hydrogen (secondary N) is 1. The molecule has 0 atom stereocenters. The van der Waals surface area contributed by atoms with E-state index in [-0.39, 0.29) is 12.5 Å². The fourth-order valence-corrected chi connectivity index (χ4v) is 3.09. The molecular weight excluding hydrogens is 404 g/mol. The van der Waals surface area contributed by atoms with E-state index < -0.39 is 5.97 Å². The number of rotatable bonds is 8. The lowest BCUT2D eigenvalue weighted by molar-refractivity contribution is -0.136. The first-order valence-corrected chi connectivity index (χ1v) is 9.92. The monoisotopic (exact) mass is 422 g/mol. The van der Waals surface area contributed by atoms with E-state index >= 15 is 0 Å². The number of esters is 1. The fraction of sp³-hybridized carbons (Fsp3) is 0.136. The number of carbonyl (C=O) groups is 2. The first-order chi connectivity index (χ1) is 14.6. The Kier molecular flexibility index (Phi) is 7.03. The summed E-state index contributed by atoms with van der Waals surface area (Å²) in [6.45, 7) is 1.87. The van der Waals surface area contributed by atoms with Gasteiger partial charge in [-0.05, 0) is 54.8 Å². The highest BCUT2D eigenvalue weighted by Crippen LogP contribution is 2.28. The van der Waals surface area contributed by atoms with Crippen molar-refractivity contribution in [1.29, 1.82) is 5.26 Å². The zero-order chi connectivity index (χ0) is 21.3. The van der Waals surface area contributed by atoms with Crippen molar-refractivity contribution in [2.75, 3.05) is 18.5 Å². The average molecular weight is 422 g/mol. The smallest absolute Gasteiger partial charge is 0.349 e. The van der Waals surface area contributed by atoms with Crippen LogP contribution >= 0.6 is 11.3 Å². The van der Waals surface area contributed by atoms with Gasteiger partial charge in [-0.15, -0.1) is 11.3 Å². The molecule has 3 rings (SSSR count). The Balaban J connectivity index is 1.54. The molecule has 7 nitrogen and oxygen atoms in total. The normalized spacial score (nSPS) is 10.0. The van der Waals surface area contributed by atoms with Crippen LogP contribution in [0.15, 0.2) is 60.0 Å². The number of carbonyl (C=O) groups excluding carboxylic acids is 2. The topological polar surface area (TPSA) is 97.7 Å². The van der Waals surface area contributed by atoms with Gasteiger partial charge in [0.2, 0.25) is 0 Å². The van der Waals surface area contributed by atoms with Crippen LogP contribution in [-0.2, 0) is 4.79 Å². The fourth-order valence-electron chi connectivity index (χ4n) is 2.47. The number of hydrogen-bond donors (Lipinski definition) is 1. The first kappa shape index (κ1) is 20.9. The molecule has 30 heavy (non-hydrogen) atoms. The molecule has 0 saturated heterocycles. The minimum Gasteiger partial charge on any atom is -0.490 e. The van der Waals surface area contributed by atoms with Crippen LogP contribution in [0.5, 0.6) is 17.2 Å². The molecule has 0 aliphatic heterocycles. The number of thiophene rings is 1. The van der Waals surface area contributed by atoms with Crippen LogP contribution in [0.25, 0.3) is 0 Å². The average Bonchev–Trinajstić information content (AvgIpc) is 3.29. The quantitative estimate of drug-likeness (QED) is 0.430. The third-order valence-electron chi connectivity index (χ3n) is 3.81. The van der Waals surface area contributed by atoms with Gasteiger partial charge in [0.25, 0.3) is 5.91 Å². The predicted octanol–water partition coefficient (Wildman–Crippen LogP) is 4.26. The Morgan fingerprint density at radius 3 is 2.53 bits per heavy atom. The zero-order valence-electron chi connectivity index (χ0n) is 16.1. The van der Waals surface area contributed by atoms with E-state index in [1.54, 1.807) is 54.6 Å². The van der Waals surface area contributed by atoms with E-state index in [1.165, 1.54) is 11.3 Å². The van der Waals surface area contributed by atoms with E-state index in [9.17, 15) is 9.59 Å². The summed E-state index contributed by atoms with van der Waals surface area (Å²) in [5.74, 6) is 0.255. The number of nitrogens with zero attached hydrogens (tertiary/aromatic N) is 1.